The third-order valence-corrected chi connectivity index (χ3v) is 2.82. The number of pyridine rings is 1. The van der Waals surface area contributed by atoms with E-state index in [1.807, 2.05) is 24.3 Å². The standard InChI is InChI=1S/C13H15N3O3/c1-16-11-5-3-2-4-9(11)10(8-12(16)17)15-6-7-19-13(14)18/h2-5,8,15H,6-7H2,1H3,(H2,14,18). The second-order valence-corrected chi connectivity index (χ2v) is 4.07. The molecular formula is C13H15N3O3. The van der Waals surface area contributed by atoms with Crippen molar-refractivity contribution in [3.8, 4) is 0 Å². The molecule has 1 aromatic carbocycles. The monoisotopic (exact) mass is 261 g/mol. The second-order valence-electron chi connectivity index (χ2n) is 4.07. The molecule has 0 bridgehead atoms. The van der Waals surface area contributed by atoms with E-state index in [9.17, 15) is 9.59 Å². The lowest BCUT2D eigenvalue weighted by Gasteiger charge is -2.11. The van der Waals surface area contributed by atoms with Crippen LogP contribution in [-0.2, 0) is 11.8 Å². The van der Waals surface area contributed by atoms with Crippen LogP contribution in [-0.4, -0.2) is 23.8 Å². The van der Waals surface area contributed by atoms with Crippen LogP contribution in [0.2, 0.25) is 0 Å². The molecule has 6 nitrogen and oxygen atoms in total. The first-order valence-corrected chi connectivity index (χ1v) is 5.84. The highest BCUT2D eigenvalue weighted by Crippen LogP contribution is 2.20. The van der Waals surface area contributed by atoms with Gasteiger partial charge in [0.15, 0.2) is 0 Å². The van der Waals surface area contributed by atoms with Crippen LogP contribution in [0.3, 0.4) is 0 Å². The normalized spacial score (nSPS) is 10.4. The number of nitrogens with zero attached hydrogens (tertiary/aromatic N) is 1. The highest BCUT2D eigenvalue weighted by Gasteiger charge is 2.05. The summed E-state index contributed by atoms with van der Waals surface area (Å²) < 4.78 is 6.21. The largest absolute Gasteiger partial charge is 0.448 e. The summed E-state index contributed by atoms with van der Waals surface area (Å²) in [5.41, 5.74) is 6.32. The van der Waals surface area contributed by atoms with Crippen LogP contribution < -0.4 is 16.6 Å². The van der Waals surface area contributed by atoms with E-state index in [0.29, 0.717) is 12.2 Å². The van der Waals surface area contributed by atoms with Crippen LogP contribution in [0, 0.1) is 0 Å². The molecule has 0 radical (unpaired) electrons. The molecule has 0 spiro atoms. The van der Waals surface area contributed by atoms with Gasteiger partial charge in [-0.05, 0) is 6.07 Å². The number of aryl methyl sites for hydroxylation is 1. The SMILES string of the molecule is Cn1c(=O)cc(NCCOC(N)=O)c2ccccc21. The number of carbonyl (C=O) groups is 1. The van der Waals surface area contributed by atoms with Crippen LogP contribution in [0.1, 0.15) is 0 Å². The van der Waals surface area contributed by atoms with Crippen LogP contribution >= 0.6 is 0 Å². The topological polar surface area (TPSA) is 86.3 Å². The highest BCUT2D eigenvalue weighted by molar-refractivity contribution is 5.91. The first kappa shape index (κ1) is 12.9. The molecule has 2 rings (SSSR count). The van der Waals surface area contributed by atoms with Gasteiger partial charge in [-0.3, -0.25) is 4.79 Å². The van der Waals surface area contributed by atoms with Gasteiger partial charge in [0, 0.05) is 30.7 Å². The van der Waals surface area contributed by atoms with Crippen molar-refractivity contribution in [2.45, 2.75) is 0 Å². The van der Waals surface area contributed by atoms with Gasteiger partial charge >= 0.3 is 6.09 Å². The van der Waals surface area contributed by atoms with E-state index in [1.54, 1.807) is 11.6 Å². The van der Waals surface area contributed by atoms with E-state index in [-0.39, 0.29) is 12.2 Å². The van der Waals surface area contributed by atoms with Crippen molar-refractivity contribution >= 4 is 22.7 Å². The van der Waals surface area contributed by atoms with Crippen LogP contribution in [0.25, 0.3) is 10.9 Å². The third-order valence-electron chi connectivity index (χ3n) is 2.82. The summed E-state index contributed by atoms with van der Waals surface area (Å²) in [6.07, 6.45) is -0.810. The molecule has 6 heteroatoms. The average molecular weight is 261 g/mol. The van der Waals surface area contributed by atoms with Crippen molar-refractivity contribution in [3.63, 3.8) is 0 Å². The first-order valence-electron chi connectivity index (χ1n) is 5.84. The van der Waals surface area contributed by atoms with Gasteiger partial charge in [-0.2, -0.15) is 0 Å². The number of rotatable bonds is 4. The van der Waals surface area contributed by atoms with Gasteiger partial charge in [0.1, 0.15) is 6.61 Å². The lowest BCUT2D eigenvalue weighted by molar-refractivity contribution is 0.161. The Hall–Kier alpha value is -2.50. The zero-order valence-corrected chi connectivity index (χ0v) is 10.6. The predicted molar refractivity (Wildman–Crippen MR) is 73.2 cm³/mol. The average Bonchev–Trinajstić information content (AvgIpc) is 2.40. The molecule has 0 saturated heterocycles. The van der Waals surface area contributed by atoms with Gasteiger partial charge in [0.2, 0.25) is 0 Å². The number of amides is 1. The molecule has 3 N–H and O–H groups in total. The number of nitrogens with one attached hydrogen (secondary N) is 1. The third kappa shape index (κ3) is 2.85. The molecular weight excluding hydrogens is 246 g/mol. The maximum Gasteiger partial charge on any atom is 0.404 e. The van der Waals surface area contributed by atoms with Crippen LogP contribution in [0.5, 0.6) is 0 Å². The molecule has 1 aromatic heterocycles. The van der Waals surface area contributed by atoms with Crippen molar-refractivity contribution < 1.29 is 9.53 Å². The van der Waals surface area contributed by atoms with Crippen LogP contribution in [0.4, 0.5) is 10.5 Å². The Morgan fingerprint density at radius 1 is 1.42 bits per heavy atom. The lowest BCUT2D eigenvalue weighted by atomic mass is 10.2. The van der Waals surface area contributed by atoms with Crippen molar-refractivity contribution in [1.29, 1.82) is 0 Å². The molecule has 0 saturated carbocycles. The summed E-state index contributed by atoms with van der Waals surface area (Å²) >= 11 is 0. The quantitative estimate of drug-likeness (QED) is 0.805. The maximum atomic E-state index is 11.8. The van der Waals surface area contributed by atoms with E-state index in [4.69, 9.17) is 5.73 Å². The number of para-hydroxylation sites is 1. The summed E-state index contributed by atoms with van der Waals surface area (Å²) in [5, 5.41) is 4.00. The molecule has 19 heavy (non-hydrogen) atoms. The summed E-state index contributed by atoms with van der Waals surface area (Å²) in [7, 11) is 1.73. The fourth-order valence-electron chi connectivity index (χ4n) is 1.89. The number of hydrogen-bond donors (Lipinski definition) is 2. The molecule has 100 valence electrons. The van der Waals surface area contributed by atoms with Gasteiger partial charge in [0.05, 0.1) is 5.52 Å². The Labute approximate surface area is 109 Å². The molecule has 0 aliphatic heterocycles. The molecule has 0 unspecified atom stereocenters. The molecule has 0 fully saturated rings. The lowest BCUT2D eigenvalue weighted by Crippen LogP contribution is -2.20. The molecule has 2 aromatic rings. The number of fused-ring (bicyclic) bond motifs is 1. The summed E-state index contributed by atoms with van der Waals surface area (Å²) in [6, 6.07) is 9.10. The fraction of sp³-hybridized carbons (Fsp3) is 0.231. The number of anilines is 1. The zero-order valence-electron chi connectivity index (χ0n) is 10.6. The van der Waals surface area contributed by atoms with Gasteiger partial charge < -0.3 is 20.4 Å². The number of benzene rings is 1. The Morgan fingerprint density at radius 2 is 2.16 bits per heavy atom. The number of nitrogens with two attached hydrogens (primary N) is 1. The zero-order chi connectivity index (χ0) is 13.8. The van der Waals surface area contributed by atoms with Crippen molar-refractivity contribution in [2.24, 2.45) is 12.8 Å². The number of carbonyl (C=O) groups excluding carboxylic acids is 1. The summed E-state index contributed by atoms with van der Waals surface area (Å²) in [5.74, 6) is 0. The predicted octanol–water partition coefficient (Wildman–Crippen LogP) is 1.05. The minimum absolute atomic E-state index is 0.1000. The minimum Gasteiger partial charge on any atom is -0.448 e. The molecule has 0 atom stereocenters. The molecule has 1 heterocycles. The van der Waals surface area contributed by atoms with E-state index in [1.165, 1.54) is 6.07 Å². The van der Waals surface area contributed by atoms with E-state index in [2.05, 4.69) is 10.1 Å². The minimum atomic E-state index is -0.810. The Kier molecular flexibility index (Phi) is 3.70. The number of ether oxygens (including phenoxy) is 1. The fourth-order valence-corrected chi connectivity index (χ4v) is 1.89. The number of hydrogen-bond acceptors (Lipinski definition) is 4. The Morgan fingerprint density at radius 3 is 2.89 bits per heavy atom. The summed E-state index contributed by atoms with van der Waals surface area (Å²) in [6.45, 7) is 0.541. The van der Waals surface area contributed by atoms with Gasteiger partial charge in [-0.1, -0.05) is 18.2 Å². The van der Waals surface area contributed by atoms with Gasteiger partial charge in [-0.25, -0.2) is 4.79 Å². The van der Waals surface area contributed by atoms with E-state index < -0.39 is 6.09 Å². The van der Waals surface area contributed by atoms with Gasteiger partial charge in [-0.15, -0.1) is 0 Å². The number of primary amides is 1. The van der Waals surface area contributed by atoms with E-state index in [0.717, 1.165) is 10.9 Å². The second kappa shape index (κ2) is 5.43. The smallest absolute Gasteiger partial charge is 0.404 e. The van der Waals surface area contributed by atoms with E-state index >= 15 is 0 Å². The molecule has 1 amide bonds. The van der Waals surface area contributed by atoms with Crippen molar-refractivity contribution in [2.75, 3.05) is 18.5 Å². The number of aromatic nitrogens is 1. The Balaban J connectivity index is 2.26. The molecule has 0 aliphatic carbocycles. The summed E-state index contributed by atoms with van der Waals surface area (Å²) in [4.78, 5) is 22.3. The maximum absolute atomic E-state index is 11.8. The van der Waals surface area contributed by atoms with Gasteiger partial charge in [0.25, 0.3) is 5.56 Å². The van der Waals surface area contributed by atoms with Crippen LogP contribution in [0.15, 0.2) is 35.1 Å². The molecule has 0 aliphatic rings. The van der Waals surface area contributed by atoms with Crippen molar-refractivity contribution in [1.82, 2.24) is 4.57 Å². The van der Waals surface area contributed by atoms with Crippen molar-refractivity contribution in [3.05, 3.63) is 40.7 Å². The Bertz CT molecular complexity index is 664. The first-order chi connectivity index (χ1) is 9.09. The highest BCUT2D eigenvalue weighted by atomic mass is 16.5.